The molecule has 0 atom stereocenters. The normalized spacial score (nSPS) is 15.6. The molecule has 1 N–H and O–H groups in total. The molecule has 1 amide bonds. The molecule has 1 aromatic rings. The first kappa shape index (κ1) is 11.8. The summed E-state index contributed by atoms with van der Waals surface area (Å²) in [5.41, 5.74) is 0.508. The fourth-order valence-corrected chi connectivity index (χ4v) is 2.12. The first-order valence-corrected chi connectivity index (χ1v) is 6.26. The van der Waals surface area contributed by atoms with Crippen LogP contribution in [0.5, 0.6) is 0 Å². The average molecular weight is 256 g/mol. The van der Waals surface area contributed by atoms with Gasteiger partial charge < -0.3 is 5.32 Å². The molecule has 0 saturated heterocycles. The van der Waals surface area contributed by atoms with Crippen LogP contribution in [0.3, 0.4) is 0 Å². The third-order valence-corrected chi connectivity index (χ3v) is 3.58. The van der Waals surface area contributed by atoms with E-state index in [1.165, 1.54) is 19.3 Å². The van der Waals surface area contributed by atoms with Crippen molar-refractivity contribution in [3.8, 4) is 0 Å². The van der Waals surface area contributed by atoms with E-state index in [9.17, 15) is 4.79 Å². The van der Waals surface area contributed by atoms with Crippen molar-refractivity contribution in [2.75, 3.05) is 6.54 Å². The fourth-order valence-electron chi connectivity index (χ4n) is 1.72. The van der Waals surface area contributed by atoms with Crippen molar-refractivity contribution in [2.45, 2.75) is 24.2 Å². The summed E-state index contributed by atoms with van der Waals surface area (Å²) in [7, 11) is 0. The molecule has 0 unspecified atom stereocenters. The van der Waals surface area contributed by atoms with Gasteiger partial charge in [-0.15, -0.1) is 12.6 Å². The van der Waals surface area contributed by atoms with Crippen molar-refractivity contribution in [1.29, 1.82) is 0 Å². The monoisotopic (exact) mass is 255 g/mol. The van der Waals surface area contributed by atoms with Crippen LogP contribution in [0, 0.1) is 5.92 Å². The molecule has 0 bridgehead atoms. The van der Waals surface area contributed by atoms with E-state index >= 15 is 0 Å². The highest BCUT2D eigenvalue weighted by atomic mass is 35.5. The van der Waals surface area contributed by atoms with Crippen LogP contribution in [-0.4, -0.2) is 12.5 Å². The van der Waals surface area contributed by atoms with Crippen molar-refractivity contribution in [2.24, 2.45) is 5.92 Å². The van der Waals surface area contributed by atoms with Crippen LogP contribution in [0.1, 0.15) is 29.6 Å². The Labute approximate surface area is 106 Å². The maximum absolute atomic E-state index is 11.8. The van der Waals surface area contributed by atoms with Crippen LogP contribution in [0.15, 0.2) is 23.1 Å². The Morgan fingerprint density at radius 2 is 2.25 bits per heavy atom. The molecule has 4 heteroatoms. The molecule has 2 nitrogen and oxygen atoms in total. The molecule has 0 aliphatic heterocycles. The molecule has 1 saturated carbocycles. The van der Waals surface area contributed by atoms with Crippen molar-refractivity contribution >= 4 is 30.1 Å². The second-order valence-corrected chi connectivity index (χ2v) is 5.09. The van der Waals surface area contributed by atoms with Gasteiger partial charge in [0.1, 0.15) is 0 Å². The highest BCUT2D eigenvalue weighted by Gasteiger charge is 2.19. The van der Waals surface area contributed by atoms with E-state index in [1.807, 2.05) is 0 Å². The Balaban J connectivity index is 1.99. The predicted octanol–water partition coefficient (Wildman–Crippen LogP) is 3.16. The third-order valence-electron chi connectivity index (χ3n) is 2.97. The zero-order valence-electron chi connectivity index (χ0n) is 8.87. The molecule has 16 heavy (non-hydrogen) atoms. The van der Waals surface area contributed by atoms with E-state index in [0.29, 0.717) is 16.5 Å². The number of rotatable bonds is 3. The number of carbonyl (C=O) groups excluding carboxylic acids is 1. The Morgan fingerprint density at radius 1 is 1.50 bits per heavy atom. The maximum Gasteiger partial charge on any atom is 0.252 e. The van der Waals surface area contributed by atoms with Crippen LogP contribution >= 0.6 is 24.2 Å². The van der Waals surface area contributed by atoms with Gasteiger partial charge in [0.2, 0.25) is 0 Å². The van der Waals surface area contributed by atoms with E-state index in [4.69, 9.17) is 11.6 Å². The lowest BCUT2D eigenvalue weighted by atomic mass is 9.85. The highest BCUT2D eigenvalue weighted by molar-refractivity contribution is 7.80. The van der Waals surface area contributed by atoms with Gasteiger partial charge in [0.25, 0.3) is 5.91 Å². The summed E-state index contributed by atoms with van der Waals surface area (Å²) in [6.45, 7) is 0.756. The Hall–Kier alpha value is -0.670. The Morgan fingerprint density at radius 3 is 2.88 bits per heavy atom. The lowest BCUT2D eigenvalue weighted by Crippen LogP contribution is -2.32. The molecule has 0 spiro atoms. The van der Waals surface area contributed by atoms with E-state index < -0.39 is 0 Å². The van der Waals surface area contributed by atoms with Crippen molar-refractivity contribution in [3.05, 3.63) is 28.8 Å². The number of hydrogen-bond acceptors (Lipinski definition) is 2. The molecule has 86 valence electrons. The molecule has 0 aromatic heterocycles. The first-order valence-electron chi connectivity index (χ1n) is 5.43. The van der Waals surface area contributed by atoms with Gasteiger partial charge >= 0.3 is 0 Å². The first-order chi connectivity index (χ1) is 7.66. The second kappa shape index (κ2) is 5.11. The Bertz CT molecular complexity index is 404. The summed E-state index contributed by atoms with van der Waals surface area (Å²) < 4.78 is 0. The van der Waals surface area contributed by atoms with Crippen molar-refractivity contribution in [3.63, 3.8) is 0 Å². The number of nitrogens with one attached hydrogen (secondary N) is 1. The summed E-state index contributed by atoms with van der Waals surface area (Å²) in [5, 5.41) is 3.39. The minimum absolute atomic E-state index is 0.104. The molecule has 1 fully saturated rings. The number of thiol groups is 1. The van der Waals surface area contributed by atoms with Gasteiger partial charge in [0.05, 0.1) is 10.6 Å². The molecular weight excluding hydrogens is 242 g/mol. The standard InChI is InChI=1S/C12H14ClNOS/c13-11-5-4-9(16)6-10(11)12(15)14-7-8-2-1-3-8/h4-6,8,16H,1-3,7H2,(H,14,15). The molecule has 0 heterocycles. The summed E-state index contributed by atoms with van der Waals surface area (Å²) in [4.78, 5) is 12.6. The van der Waals surface area contributed by atoms with Crippen LogP contribution < -0.4 is 5.32 Å². The highest BCUT2D eigenvalue weighted by Crippen LogP contribution is 2.25. The van der Waals surface area contributed by atoms with Gasteiger partial charge in [-0.05, 0) is 37.0 Å². The smallest absolute Gasteiger partial charge is 0.252 e. The van der Waals surface area contributed by atoms with Crippen molar-refractivity contribution in [1.82, 2.24) is 5.32 Å². The summed E-state index contributed by atoms with van der Waals surface area (Å²) in [5.74, 6) is 0.551. The van der Waals surface area contributed by atoms with Crippen LogP contribution in [0.25, 0.3) is 0 Å². The average Bonchev–Trinajstić information content (AvgIpc) is 2.19. The van der Waals surface area contributed by atoms with Gasteiger partial charge in [-0.1, -0.05) is 18.0 Å². The fraction of sp³-hybridized carbons (Fsp3) is 0.417. The summed E-state index contributed by atoms with van der Waals surface area (Å²) in [6.07, 6.45) is 3.73. The zero-order valence-corrected chi connectivity index (χ0v) is 10.5. The lowest BCUT2D eigenvalue weighted by molar-refractivity contribution is 0.0939. The largest absolute Gasteiger partial charge is 0.352 e. The number of carbonyl (C=O) groups is 1. The minimum atomic E-state index is -0.104. The van der Waals surface area contributed by atoms with E-state index in [-0.39, 0.29) is 5.91 Å². The minimum Gasteiger partial charge on any atom is -0.352 e. The summed E-state index contributed by atoms with van der Waals surface area (Å²) in [6, 6.07) is 5.16. The molecular formula is C12H14ClNOS. The van der Waals surface area contributed by atoms with Crippen molar-refractivity contribution < 1.29 is 4.79 Å². The van der Waals surface area contributed by atoms with Gasteiger partial charge in [-0.2, -0.15) is 0 Å². The number of hydrogen-bond donors (Lipinski definition) is 2. The Kier molecular flexibility index (Phi) is 3.77. The topological polar surface area (TPSA) is 29.1 Å². The zero-order chi connectivity index (χ0) is 11.5. The van der Waals surface area contributed by atoms with Gasteiger partial charge in [-0.3, -0.25) is 4.79 Å². The lowest BCUT2D eigenvalue weighted by Gasteiger charge is -2.25. The van der Waals surface area contributed by atoms with Gasteiger partial charge in [0, 0.05) is 11.4 Å². The summed E-state index contributed by atoms with van der Waals surface area (Å²) >= 11 is 10.2. The van der Waals surface area contributed by atoms with Crippen LogP contribution in [0.2, 0.25) is 5.02 Å². The quantitative estimate of drug-likeness (QED) is 0.799. The number of amides is 1. The molecule has 2 rings (SSSR count). The van der Waals surface area contributed by atoms with Gasteiger partial charge in [0.15, 0.2) is 0 Å². The number of halogens is 1. The van der Waals surface area contributed by atoms with E-state index in [1.54, 1.807) is 18.2 Å². The van der Waals surface area contributed by atoms with Crippen LogP contribution in [-0.2, 0) is 0 Å². The molecule has 1 aromatic carbocycles. The number of benzene rings is 1. The van der Waals surface area contributed by atoms with Crippen LogP contribution in [0.4, 0.5) is 0 Å². The van der Waals surface area contributed by atoms with E-state index in [2.05, 4.69) is 17.9 Å². The maximum atomic E-state index is 11.8. The molecule has 1 aliphatic rings. The van der Waals surface area contributed by atoms with E-state index in [0.717, 1.165) is 11.4 Å². The SMILES string of the molecule is O=C(NCC1CCC1)c1cc(S)ccc1Cl. The molecule has 1 aliphatic carbocycles. The third kappa shape index (κ3) is 2.71. The second-order valence-electron chi connectivity index (χ2n) is 4.17. The molecule has 0 radical (unpaired) electrons. The predicted molar refractivity (Wildman–Crippen MR) is 68.4 cm³/mol. The van der Waals surface area contributed by atoms with Gasteiger partial charge in [-0.25, -0.2) is 0 Å².